The zero-order chi connectivity index (χ0) is 25.5. The van der Waals surface area contributed by atoms with Gasteiger partial charge >= 0.3 is 6.18 Å². The summed E-state index contributed by atoms with van der Waals surface area (Å²) in [5, 5.41) is 20.8. The van der Waals surface area contributed by atoms with Gasteiger partial charge in [-0.3, -0.25) is 14.5 Å². The molecule has 1 heterocycles. The quantitative estimate of drug-likeness (QED) is 0.297. The number of ketones is 1. The van der Waals surface area contributed by atoms with Crippen LogP contribution in [-0.4, -0.2) is 29.0 Å². The number of halogens is 3. The molecule has 0 saturated carbocycles. The summed E-state index contributed by atoms with van der Waals surface area (Å²) in [5.41, 5.74) is -0.245. The van der Waals surface area contributed by atoms with Gasteiger partial charge in [-0.05, 0) is 66.6 Å². The lowest BCUT2D eigenvalue weighted by atomic mass is 9.94. The summed E-state index contributed by atoms with van der Waals surface area (Å²) in [5.74, 6) is -2.17. The molecular weight excluding hydrogens is 463 g/mol. The molecule has 9 heteroatoms. The summed E-state index contributed by atoms with van der Waals surface area (Å²) >= 11 is 0. The minimum Gasteiger partial charge on any atom is -0.508 e. The molecule has 1 fully saturated rings. The second-order valence-corrected chi connectivity index (χ2v) is 7.99. The molecular formula is C26H20F3NO5. The van der Waals surface area contributed by atoms with E-state index < -0.39 is 35.2 Å². The first kappa shape index (κ1) is 23.9. The minimum atomic E-state index is -4.67. The molecule has 3 aromatic rings. The lowest BCUT2D eigenvalue weighted by molar-refractivity contribution is -0.137. The number of aliphatic hydroxyl groups is 1. The van der Waals surface area contributed by atoms with E-state index in [2.05, 4.69) is 0 Å². The highest BCUT2D eigenvalue weighted by Gasteiger charge is 2.47. The summed E-state index contributed by atoms with van der Waals surface area (Å²) in [6.45, 7) is 1.73. The van der Waals surface area contributed by atoms with Crippen LogP contribution in [-0.2, 0) is 15.8 Å². The number of carbonyl (C=O) groups excluding carboxylic acids is 2. The molecule has 0 spiro atoms. The molecule has 1 aliphatic rings. The number of aliphatic hydroxyl groups excluding tert-OH is 1. The second-order valence-electron chi connectivity index (χ2n) is 7.99. The van der Waals surface area contributed by atoms with Gasteiger partial charge in [-0.2, -0.15) is 13.2 Å². The van der Waals surface area contributed by atoms with Gasteiger partial charge in [-0.15, -0.1) is 0 Å². The first-order valence-electron chi connectivity index (χ1n) is 10.4. The Labute approximate surface area is 198 Å². The lowest BCUT2D eigenvalue weighted by Crippen LogP contribution is -2.29. The Kier molecular flexibility index (Phi) is 6.02. The molecule has 4 rings (SSSR count). The van der Waals surface area contributed by atoms with Gasteiger partial charge < -0.3 is 14.9 Å². The maximum atomic E-state index is 13.4. The van der Waals surface area contributed by atoms with E-state index in [1.54, 1.807) is 19.1 Å². The summed E-state index contributed by atoms with van der Waals surface area (Å²) in [7, 11) is 1.48. The number of rotatable bonds is 4. The van der Waals surface area contributed by atoms with Crippen molar-refractivity contribution in [1.82, 2.24) is 0 Å². The van der Waals surface area contributed by atoms with Crippen molar-refractivity contribution in [3.8, 4) is 11.5 Å². The number of alkyl halides is 3. The fraction of sp³-hybridized carbons (Fsp3) is 0.154. The Morgan fingerprint density at radius 1 is 1.00 bits per heavy atom. The lowest BCUT2D eigenvalue weighted by Gasteiger charge is -2.26. The highest BCUT2D eigenvalue weighted by Crippen LogP contribution is 2.43. The van der Waals surface area contributed by atoms with Crippen molar-refractivity contribution in [3.63, 3.8) is 0 Å². The molecule has 3 aromatic carbocycles. The molecule has 0 aromatic heterocycles. The van der Waals surface area contributed by atoms with Crippen LogP contribution < -0.4 is 9.64 Å². The number of amides is 1. The minimum absolute atomic E-state index is 0.0875. The van der Waals surface area contributed by atoms with Gasteiger partial charge in [-0.25, -0.2) is 0 Å². The number of methoxy groups -OCH3 is 1. The normalized spacial score (nSPS) is 17.6. The molecule has 180 valence electrons. The van der Waals surface area contributed by atoms with E-state index >= 15 is 0 Å². The van der Waals surface area contributed by atoms with E-state index in [1.165, 1.54) is 43.5 Å². The predicted molar refractivity (Wildman–Crippen MR) is 122 cm³/mol. The van der Waals surface area contributed by atoms with Crippen LogP contribution in [0.4, 0.5) is 18.9 Å². The Balaban J connectivity index is 1.94. The summed E-state index contributed by atoms with van der Waals surface area (Å²) < 4.78 is 45.3. The molecule has 1 unspecified atom stereocenters. The summed E-state index contributed by atoms with van der Waals surface area (Å²) in [4.78, 5) is 27.2. The third kappa shape index (κ3) is 4.32. The monoisotopic (exact) mass is 483 g/mol. The zero-order valence-electron chi connectivity index (χ0n) is 18.6. The van der Waals surface area contributed by atoms with E-state index in [-0.39, 0.29) is 22.6 Å². The first-order valence-corrected chi connectivity index (χ1v) is 10.4. The number of nitrogens with zero attached hydrogens (tertiary/aromatic N) is 1. The number of anilines is 1. The van der Waals surface area contributed by atoms with Gasteiger partial charge in [0.1, 0.15) is 17.3 Å². The number of ether oxygens (including phenoxy) is 1. The number of aromatic hydroxyl groups is 1. The van der Waals surface area contributed by atoms with E-state index in [1.807, 2.05) is 0 Å². The maximum Gasteiger partial charge on any atom is 0.416 e. The van der Waals surface area contributed by atoms with Crippen molar-refractivity contribution in [2.75, 3.05) is 12.0 Å². The second kappa shape index (κ2) is 8.83. The van der Waals surface area contributed by atoms with Gasteiger partial charge in [-0.1, -0.05) is 18.2 Å². The third-order valence-corrected chi connectivity index (χ3v) is 5.77. The van der Waals surface area contributed by atoms with Crippen molar-refractivity contribution in [3.05, 3.63) is 94.6 Å². The van der Waals surface area contributed by atoms with Crippen molar-refractivity contribution in [2.24, 2.45) is 0 Å². The van der Waals surface area contributed by atoms with Crippen LogP contribution >= 0.6 is 0 Å². The Bertz CT molecular complexity index is 1350. The molecule has 0 radical (unpaired) electrons. The van der Waals surface area contributed by atoms with Crippen molar-refractivity contribution in [2.45, 2.75) is 19.1 Å². The number of phenols is 1. The van der Waals surface area contributed by atoms with Crippen molar-refractivity contribution < 1.29 is 37.7 Å². The largest absolute Gasteiger partial charge is 0.508 e. The molecule has 1 amide bonds. The molecule has 0 aliphatic carbocycles. The predicted octanol–water partition coefficient (Wildman–Crippen LogP) is 5.35. The molecule has 6 nitrogen and oxygen atoms in total. The Morgan fingerprint density at radius 2 is 1.69 bits per heavy atom. The number of phenolic OH excluding ortho intramolecular Hbond substituents is 1. The molecule has 1 atom stereocenters. The fourth-order valence-corrected chi connectivity index (χ4v) is 4.08. The molecule has 2 N–H and O–H groups in total. The number of hydrogen-bond donors (Lipinski definition) is 2. The molecule has 1 aliphatic heterocycles. The van der Waals surface area contributed by atoms with E-state index in [0.29, 0.717) is 16.9 Å². The average Bonchev–Trinajstić information content (AvgIpc) is 3.09. The zero-order valence-corrected chi connectivity index (χ0v) is 18.6. The highest BCUT2D eigenvalue weighted by atomic mass is 19.4. The molecule has 35 heavy (non-hydrogen) atoms. The van der Waals surface area contributed by atoms with Crippen LogP contribution in [0.15, 0.2) is 72.3 Å². The van der Waals surface area contributed by atoms with Crippen molar-refractivity contribution >= 4 is 23.1 Å². The smallest absolute Gasteiger partial charge is 0.416 e. The average molecular weight is 483 g/mol. The van der Waals surface area contributed by atoms with Crippen molar-refractivity contribution in [1.29, 1.82) is 0 Å². The Hall–Kier alpha value is -4.27. The number of Topliss-reactive ketones (excluding diaryl/α,β-unsaturated/α-hetero) is 1. The van der Waals surface area contributed by atoms with Crippen LogP contribution in [0.2, 0.25) is 0 Å². The first-order chi connectivity index (χ1) is 16.5. The van der Waals surface area contributed by atoms with Crippen LogP contribution in [0.5, 0.6) is 11.5 Å². The molecule has 1 saturated heterocycles. The highest BCUT2D eigenvalue weighted by molar-refractivity contribution is 6.51. The van der Waals surface area contributed by atoms with E-state index in [9.17, 15) is 33.0 Å². The van der Waals surface area contributed by atoms with Gasteiger partial charge in [0, 0.05) is 11.3 Å². The number of carbonyl (C=O) groups is 2. The van der Waals surface area contributed by atoms with Gasteiger partial charge in [0.25, 0.3) is 11.7 Å². The van der Waals surface area contributed by atoms with Gasteiger partial charge in [0.15, 0.2) is 0 Å². The maximum absolute atomic E-state index is 13.4. The standard InChI is InChI=1S/C26H20F3NO5/c1-14-12-16(8-11-20(14)35-2)23(32)21-22(15-6-9-19(31)10-7-15)30(25(34)24(21)33)18-5-3-4-17(13-18)26(27,28)29/h3-13,22,31-32H,1-2H3/b23-21+. The van der Waals surface area contributed by atoms with Crippen LogP contribution in [0, 0.1) is 6.92 Å². The van der Waals surface area contributed by atoms with Gasteiger partial charge in [0.2, 0.25) is 0 Å². The topological polar surface area (TPSA) is 87.1 Å². The van der Waals surface area contributed by atoms with Crippen LogP contribution in [0.1, 0.15) is 28.3 Å². The van der Waals surface area contributed by atoms with Gasteiger partial charge in [0.05, 0.1) is 24.3 Å². The summed E-state index contributed by atoms with van der Waals surface area (Å²) in [6.07, 6.45) is -4.67. The van der Waals surface area contributed by atoms with E-state index in [4.69, 9.17) is 4.74 Å². The SMILES string of the molecule is COc1ccc(/C(O)=C2\C(=O)C(=O)N(c3cccc(C(F)(F)F)c3)C2c2ccc(O)cc2)cc1C. The van der Waals surface area contributed by atoms with Crippen LogP contribution in [0.3, 0.4) is 0 Å². The number of benzene rings is 3. The van der Waals surface area contributed by atoms with Crippen LogP contribution in [0.25, 0.3) is 5.76 Å². The molecule has 0 bridgehead atoms. The number of hydrogen-bond acceptors (Lipinski definition) is 5. The number of aryl methyl sites for hydroxylation is 1. The Morgan fingerprint density at radius 3 is 2.29 bits per heavy atom. The van der Waals surface area contributed by atoms with E-state index in [0.717, 1.165) is 23.1 Å². The third-order valence-electron chi connectivity index (χ3n) is 5.77. The fourth-order valence-electron chi connectivity index (χ4n) is 4.08. The summed E-state index contributed by atoms with van der Waals surface area (Å²) in [6, 6.07) is 13.0.